The molecular weight excluding hydrogens is 907 g/mol. The van der Waals surface area contributed by atoms with Crippen LogP contribution in [-0.4, -0.2) is 77.4 Å². The van der Waals surface area contributed by atoms with Crippen molar-refractivity contribution in [2.24, 2.45) is 0 Å². The molecule has 0 heterocycles. The van der Waals surface area contributed by atoms with E-state index in [0.29, 0.717) is 0 Å². The summed E-state index contributed by atoms with van der Waals surface area (Å²) in [6, 6.07) is 0. The van der Waals surface area contributed by atoms with Gasteiger partial charge in [0.15, 0.2) is 0 Å². The first-order chi connectivity index (χ1) is 30.5. The fourth-order valence-corrected chi connectivity index (χ4v) is 7.98. The van der Waals surface area contributed by atoms with Crippen LogP contribution in [0.2, 0.25) is 0 Å². The van der Waals surface area contributed by atoms with E-state index in [4.69, 9.17) is 0 Å². The third-order valence-corrected chi connectivity index (χ3v) is 12.2. The van der Waals surface area contributed by atoms with E-state index in [2.05, 4.69) is 20.8 Å². The minimum atomic E-state index is -0.928. The van der Waals surface area contributed by atoms with Crippen LogP contribution in [0.25, 0.3) is 0 Å². The summed E-state index contributed by atoms with van der Waals surface area (Å²) >= 11 is 0. The number of aliphatic hydroxyl groups is 3. The normalized spacial score (nSPS) is 12.3. The molecule has 0 aromatic heterocycles. The van der Waals surface area contributed by atoms with Crippen LogP contribution in [0.1, 0.15) is 310 Å². The summed E-state index contributed by atoms with van der Waals surface area (Å²) in [5.74, 6) is -2.78. The third-order valence-electron chi connectivity index (χ3n) is 12.2. The Morgan fingerprint density at radius 1 is 0.281 bits per heavy atom. The van der Waals surface area contributed by atoms with Gasteiger partial charge in [-0.1, -0.05) is 233 Å². The molecule has 0 aromatic carbocycles. The van der Waals surface area contributed by atoms with E-state index in [-0.39, 0.29) is 63.4 Å². The standard InChI is InChI=1S/3C18H36O3.In/c3*1-2-3-4-11-14-17(19)15-12-9-7-5-6-8-10-13-16-18(20)21;/h3*17,19H,2-16H2,1H3,(H,20,21);/q;;;+3/p-3. The van der Waals surface area contributed by atoms with Gasteiger partial charge >= 0.3 is 25.8 Å². The average molecular weight is 1010 g/mol. The molecule has 0 radical (unpaired) electrons. The van der Waals surface area contributed by atoms with Crippen molar-refractivity contribution in [2.75, 3.05) is 0 Å². The number of carboxylic acids is 3. The fraction of sp³-hybridized carbons (Fsp3) is 0.944. The summed E-state index contributed by atoms with van der Waals surface area (Å²) in [6.45, 7) is 6.62. The molecule has 378 valence electrons. The van der Waals surface area contributed by atoms with Crippen molar-refractivity contribution in [2.45, 2.75) is 328 Å². The first kappa shape index (κ1) is 69.7. The van der Waals surface area contributed by atoms with Gasteiger partial charge in [-0.05, 0) is 77.0 Å². The van der Waals surface area contributed by atoms with Gasteiger partial charge in [-0.3, -0.25) is 0 Å². The van der Waals surface area contributed by atoms with Gasteiger partial charge in [-0.2, -0.15) is 0 Å². The summed E-state index contributed by atoms with van der Waals surface area (Å²) in [5.41, 5.74) is 0. The maximum Gasteiger partial charge on any atom is 3.00 e. The number of carbonyl (C=O) groups is 3. The van der Waals surface area contributed by atoms with Gasteiger partial charge in [0, 0.05) is 17.9 Å². The second kappa shape index (κ2) is 60.2. The van der Waals surface area contributed by atoms with E-state index in [9.17, 15) is 45.0 Å². The maximum absolute atomic E-state index is 10.2. The number of unbranched alkanes of at least 4 members (excludes halogenated alkanes) is 30. The van der Waals surface area contributed by atoms with Crippen LogP contribution in [0.3, 0.4) is 0 Å². The van der Waals surface area contributed by atoms with Crippen molar-refractivity contribution in [3.8, 4) is 0 Å². The Kier molecular flexibility index (Phi) is 65.6. The van der Waals surface area contributed by atoms with Gasteiger partial charge in [0.1, 0.15) is 0 Å². The molecule has 0 amide bonds. The molecule has 64 heavy (non-hydrogen) atoms. The second-order valence-electron chi connectivity index (χ2n) is 18.7. The van der Waals surface area contributed by atoms with Gasteiger partial charge in [-0.15, -0.1) is 0 Å². The zero-order valence-electron chi connectivity index (χ0n) is 42.4. The van der Waals surface area contributed by atoms with E-state index >= 15 is 0 Å². The molecule has 0 aliphatic carbocycles. The average Bonchev–Trinajstić information content (AvgIpc) is 3.24. The van der Waals surface area contributed by atoms with Gasteiger partial charge < -0.3 is 45.0 Å². The maximum atomic E-state index is 10.2. The van der Waals surface area contributed by atoms with Gasteiger partial charge in [0.2, 0.25) is 0 Å². The van der Waals surface area contributed by atoms with Gasteiger partial charge in [0.25, 0.3) is 0 Å². The summed E-state index contributed by atoms with van der Waals surface area (Å²) < 4.78 is 0. The molecule has 3 atom stereocenters. The Morgan fingerprint density at radius 3 is 0.578 bits per heavy atom. The third kappa shape index (κ3) is 70.2. The summed E-state index contributed by atoms with van der Waals surface area (Å²) in [6.07, 6.45) is 47.8. The number of hydrogen-bond donors (Lipinski definition) is 3. The van der Waals surface area contributed by atoms with Crippen LogP contribution in [0.4, 0.5) is 0 Å². The minimum absolute atomic E-state index is 0. The summed E-state index contributed by atoms with van der Waals surface area (Å²) in [7, 11) is 0. The Bertz CT molecular complexity index is 807. The van der Waals surface area contributed by atoms with E-state index in [1.165, 1.54) is 154 Å². The van der Waals surface area contributed by atoms with Crippen LogP contribution in [-0.2, 0) is 14.4 Å². The summed E-state index contributed by atoms with van der Waals surface area (Å²) in [4.78, 5) is 30.7. The molecule has 0 bridgehead atoms. The first-order valence-electron chi connectivity index (χ1n) is 27.1. The van der Waals surface area contributed by atoms with E-state index < -0.39 is 17.9 Å². The fourth-order valence-electron chi connectivity index (χ4n) is 7.98. The minimum Gasteiger partial charge on any atom is -0.550 e. The number of aliphatic hydroxyl groups excluding tert-OH is 3. The van der Waals surface area contributed by atoms with E-state index in [1.54, 1.807) is 0 Å². The molecule has 3 N–H and O–H groups in total. The topological polar surface area (TPSA) is 181 Å². The van der Waals surface area contributed by atoms with Crippen molar-refractivity contribution in [3.63, 3.8) is 0 Å². The smallest absolute Gasteiger partial charge is 0.550 e. The van der Waals surface area contributed by atoms with E-state index in [0.717, 1.165) is 116 Å². The van der Waals surface area contributed by atoms with Crippen molar-refractivity contribution < 1.29 is 45.0 Å². The zero-order chi connectivity index (χ0) is 47.3. The Hall–Kier alpha value is -0.840. The molecular formula is C54H105InO9. The molecule has 9 nitrogen and oxygen atoms in total. The SMILES string of the molecule is CCCCCCC(O)CCCCCCCCCCC(=O)[O-].CCCCCCC(O)CCCCCCCCCCC(=O)[O-].CCCCCCC(O)CCCCCCCCCCC(=O)[O-].[In+3]. The second-order valence-corrected chi connectivity index (χ2v) is 18.7. The number of carbonyl (C=O) groups excluding carboxylic acids is 3. The molecule has 0 spiro atoms. The van der Waals surface area contributed by atoms with Crippen molar-refractivity contribution >= 4 is 43.8 Å². The largest absolute Gasteiger partial charge is 3.00 e. The number of hydrogen-bond acceptors (Lipinski definition) is 9. The van der Waals surface area contributed by atoms with Crippen molar-refractivity contribution in [3.05, 3.63) is 0 Å². The molecule has 0 fully saturated rings. The molecule has 0 aliphatic heterocycles. The predicted octanol–water partition coefficient (Wildman–Crippen LogP) is 11.5. The Balaban J connectivity index is -0.000000419. The number of aliphatic carboxylic acids is 3. The first-order valence-corrected chi connectivity index (χ1v) is 27.1. The summed E-state index contributed by atoms with van der Waals surface area (Å²) in [5, 5.41) is 60.2. The Morgan fingerprint density at radius 2 is 0.422 bits per heavy atom. The number of carboxylic acid groups (broad SMARTS) is 3. The predicted molar refractivity (Wildman–Crippen MR) is 264 cm³/mol. The zero-order valence-corrected chi connectivity index (χ0v) is 45.7. The quantitative estimate of drug-likeness (QED) is 0.0500. The molecule has 0 aliphatic rings. The van der Waals surface area contributed by atoms with E-state index in [1.807, 2.05) is 0 Å². The molecule has 3 unspecified atom stereocenters. The van der Waals surface area contributed by atoms with Crippen LogP contribution in [0, 0.1) is 0 Å². The Labute approximate surface area is 414 Å². The van der Waals surface area contributed by atoms with Gasteiger partial charge in [-0.25, -0.2) is 0 Å². The monoisotopic (exact) mass is 1010 g/mol. The van der Waals surface area contributed by atoms with Crippen LogP contribution >= 0.6 is 0 Å². The van der Waals surface area contributed by atoms with Gasteiger partial charge in [0.05, 0.1) is 18.3 Å². The van der Waals surface area contributed by atoms with Crippen LogP contribution in [0.15, 0.2) is 0 Å². The van der Waals surface area contributed by atoms with Crippen molar-refractivity contribution in [1.82, 2.24) is 0 Å². The molecule has 0 rings (SSSR count). The molecule has 0 aromatic rings. The van der Waals surface area contributed by atoms with Crippen LogP contribution in [0.5, 0.6) is 0 Å². The van der Waals surface area contributed by atoms with Crippen molar-refractivity contribution in [1.29, 1.82) is 0 Å². The molecule has 0 saturated heterocycles. The van der Waals surface area contributed by atoms with Crippen LogP contribution < -0.4 is 15.3 Å². The molecule has 0 saturated carbocycles. The number of rotatable bonds is 48. The molecule has 10 heteroatoms.